The zero-order chi connectivity index (χ0) is 26.9. The highest BCUT2D eigenvalue weighted by atomic mass is 32.2. The Morgan fingerprint density at radius 3 is 2.38 bits per heavy atom. The van der Waals surface area contributed by atoms with E-state index in [-0.39, 0.29) is 16.8 Å². The molecule has 0 bridgehead atoms. The van der Waals surface area contributed by atoms with Crippen molar-refractivity contribution in [3.05, 3.63) is 103 Å². The Bertz CT molecular complexity index is 1570. The fourth-order valence-electron chi connectivity index (χ4n) is 5.88. The zero-order valence-electron chi connectivity index (χ0n) is 21.6. The summed E-state index contributed by atoms with van der Waals surface area (Å²) in [5.74, 6) is 0.0596. The molecule has 2 saturated heterocycles. The van der Waals surface area contributed by atoms with Crippen LogP contribution >= 0.6 is 0 Å². The number of carbonyl (C=O) groups excluding carboxylic acids is 1. The van der Waals surface area contributed by atoms with E-state index < -0.39 is 15.7 Å². The molecule has 6 rings (SSSR count). The summed E-state index contributed by atoms with van der Waals surface area (Å²) in [6.07, 6.45) is 5.61. The van der Waals surface area contributed by atoms with Gasteiger partial charge in [0.2, 0.25) is 15.9 Å². The van der Waals surface area contributed by atoms with Crippen molar-refractivity contribution in [1.82, 2.24) is 24.5 Å². The molecule has 9 heteroatoms. The lowest BCUT2D eigenvalue weighted by Crippen LogP contribution is -2.59. The SMILES string of the molecule is O=C1C(Cc2ccccc2)NC2(CCN(S(=O)(=O)c3cccc4cccnc34)CC2)N1CCc1ccccn1. The van der Waals surface area contributed by atoms with Crippen LogP contribution in [-0.2, 0) is 27.7 Å². The molecule has 4 aromatic rings. The van der Waals surface area contributed by atoms with Crippen LogP contribution in [0.25, 0.3) is 10.9 Å². The molecule has 2 aromatic heterocycles. The second kappa shape index (κ2) is 10.5. The highest BCUT2D eigenvalue weighted by Crippen LogP contribution is 2.36. The number of pyridine rings is 2. The van der Waals surface area contributed by atoms with E-state index in [2.05, 4.69) is 15.3 Å². The van der Waals surface area contributed by atoms with Crippen molar-refractivity contribution in [2.24, 2.45) is 0 Å². The molecular formula is C30H31N5O3S. The van der Waals surface area contributed by atoms with Gasteiger partial charge >= 0.3 is 0 Å². The maximum Gasteiger partial charge on any atom is 0.245 e. The molecule has 2 aliphatic rings. The summed E-state index contributed by atoms with van der Waals surface area (Å²) in [6, 6.07) is 24.4. The van der Waals surface area contributed by atoms with Gasteiger partial charge in [0.05, 0.1) is 17.2 Å². The second-order valence-corrected chi connectivity index (χ2v) is 12.1. The first-order chi connectivity index (χ1) is 19.0. The summed E-state index contributed by atoms with van der Waals surface area (Å²) in [4.78, 5) is 24.7. The highest BCUT2D eigenvalue weighted by Gasteiger charge is 2.52. The molecule has 4 heterocycles. The van der Waals surface area contributed by atoms with Crippen LogP contribution in [0.5, 0.6) is 0 Å². The summed E-state index contributed by atoms with van der Waals surface area (Å²) in [6.45, 7) is 1.14. The van der Waals surface area contributed by atoms with Crippen molar-refractivity contribution in [2.75, 3.05) is 19.6 Å². The molecular weight excluding hydrogens is 510 g/mol. The first-order valence-electron chi connectivity index (χ1n) is 13.3. The normalized spacial score (nSPS) is 19.6. The third kappa shape index (κ3) is 4.93. The minimum atomic E-state index is -3.75. The van der Waals surface area contributed by atoms with Gasteiger partial charge in [0.15, 0.2) is 0 Å². The summed E-state index contributed by atoms with van der Waals surface area (Å²) < 4.78 is 29.0. The maximum absolute atomic E-state index is 13.8. The van der Waals surface area contributed by atoms with Gasteiger partial charge in [-0.25, -0.2) is 8.42 Å². The number of piperidine rings is 1. The highest BCUT2D eigenvalue weighted by molar-refractivity contribution is 7.89. The van der Waals surface area contributed by atoms with E-state index in [1.165, 1.54) is 4.31 Å². The second-order valence-electron chi connectivity index (χ2n) is 10.2. The Balaban J connectivity index is 1.25. The number of hydrogen-bond acceptors (Lipinski definition) is 6. The number of sulfonamides is 1. The fraction of sp³-hybridized carbons (Fsp3) is 0.300. The van der Waals surface area contributed by atoms with Gasteiger partial charge < -0.3 is 4.90 Å². The van der Waals surface area contributed by atoms with Crippen LogP contribution in [-0.4, -0.2) is 64.8 Å². The molecule has 1 atom stereocenters. The first-order valence-corrected chi connectivity index (χ1v) is 14.8. The number of nitrogens with one attached hydrogen (secondary N) is 1. The van der Waals surface area contributed by atoms with Crippen molar-refractivity contribution in [1.29, 1.82) is 0 Å². The first kappa shape index (κ1) is 25.6. The average molecular weight is 542 g/mol. The molecule has 8 nitrogen and oxygen atoms in total. The summed E-state index contributed by atoms with van der Waals surface area (Å²) in [5.41, 5.74) is 1.90. The van der Waals surface area contributed by atoms with Crippen LogP contribution in [0.2, 0.25) is 0 Å². The number of fused-ring (bicyclic) bond motifs is 1. The Morgan fingerprint density at radius 2 is 1.62 bits per heavy atom. The molecule has 1 amide bonds. The lowest BCUT2D eigenvalue weighted by molar-refractivity contribution is -0.133. The van der Waals surface area contributed by atoms with Crippen molar-refractivity contribution in [3.63, 3.8) is 0 Å². The van der Waals surface area contributed by atoms with E-state index in [1.807, 2.05) is 65.6 Å². The Labute approximate surface area is 228 Å². The van der Waals surface area contributed by atoms with Gasteiger partial charge in [-0.1, -0.05) is 54.6 Å². The maximum atomic E-state index is 13.8. The van der Waals surface area contributed by atoms with Crippen LogP contribution in [0.3, 0.4) is 0 Å². The van der Waals surface area contributed by atoms with Crippen molar-refractivity contribution in [2.45, 2.75) is 42.3 Å². The van der Waals surface area contributed by atoms with E-state index in [1.54, 1.807) is 30.6 Å². The number of carbonyl (C=O) groups is 1. The van der Waals surface area contributed by atoms with Crippen LogP contribution < -0.4 is 5.32 Å². The van der Waals surface area contributed by atoms with E-state index >= 15 is 0 Å². The molecule has 0 radical (unpaired) electrons. The fourth-order valence-corrected chi connectivity index (χ4v) is 7.49. The third-order valence-electron chi connectivity index (χ3n) is 7.89. The number of para-hydroxylation sites is 1. The monoisotopic (exact) mass is 541 g/mol. The van der Waals surface area contributed by atoms with Crippen molar-refractivity contribution >= 4 is 26.8 Å². The van der Waals surface area contributed by atoms with E-state index in [0.717, 1.165) is 16.6 Å². The minimum absolute atomic E-state index is 0.0596. The van der Waals surface area contributed by atoms with Gasteiger partial charge in [0, 0.05) is 49.5 Å². The third-order valence-corrected chi connectivity index (χ3v) is 9.82. The number of rotatable bonds is 7. The zero-order valence-corrected chi connectivity index (χ0v) is 22.4. The van der Waals surface area contributed by atoms with Crippen LogP contribution in [0.4, 0.5) is 0 Å². The van der Waals surface area contributed by atoms with Crippen LogP contribution in [0.15, 0.2) is 96.2 Å². The topological polar surface area (TPSA) is 95.5 Å². The molecule has 0 aliphatic carbocycles. The summed E-state index contributed by atoms with van der Waals surface area (Å²) in [5, 5.41) is 4.45. The predicted octanol–water partition coefficient (Wildman–Crippen LogP) is 3.40. The number of hydrogen-bond donors (Lipinski definition) is 1. The number of amides is 1. The van der Waals surface area contributed by atoms with Gasteiger partial charge in [-0.15, -0.1) is 0 Å². The number of aromatic nitrogens is 2. The Kier molecular flexibility index (Phi) is 6.88. The van der Waals surface area contributed by atoms with Gasteiger partial charge in [-0.2, -0.15) is 4.31 Å². The molecule has 1 unspecified atom stereocenters. The van der Waals surface area contributed by atoms with Crippen molar-refractivity contribution < 1.29 is 13.2 Å². The van der Waals surface area contributed by atoms with Gasteiger partial charge in [-0.05, 0) is 49.1 Å². The quantitative estimate of drug-likeness (QED) is 0.385. The largest absolute Gasteiger partial charge is 0.323 e. The number of benzene rings is 2. The standard InChI is InChI=1S/C30H31N5O3S/c36-29-26(22-23-8-2-1-3-9-23)33-30(35(29)19-14-25-12-4-5-17-31-25)15-20-34(21-16-30)39(37,38)27-13-6-10-24-11-7-18-32-28(24)27/h1-13,17-18,26,33H,14-16,19-22H2. The Hall–Kier alpha value is -3.66. The minimum Gasteiger partial charge on any atom is -0.323 e. The van der Waals surface area contributed by atoms with E-state index in [9.17, 15) is 13.2 Å². The van der Waals surface area contributed by atoms with Crippen LogP contribution in [0, 0.1) is 0 Å². The van der Waals surface area contributed by atoms with Gasteiger partial charge in [-0.3, -0.25) is 20.1 Å². The van der Waals surface area contributed by atoms with Crippen molar-refractivity contribution in [3.8, 4) is 0 Å². The van der Waals surface area contributed by atoms with Crippen LogP contribution in [0.1, 0.15) is 24.1 Å². The smallest absolute Gasteiger partial charge is 0.245 e. The molecule has 2 aliphatic heterocycles. The predicted molar refractivity (Wildman–Crippen MR) is 149 cm³/mol. The van der Waals surface area contributed by atoms with Gasteiger partial charge in [0.1, 0.15) is 4.90 Å². The molecule has 1 N–H and O–H groups in total. The number of nitrogens with zero attached hydrogens (tertiary/aromatic N) is 4. The average Bonchev–Trinajstić information content (AvgIpc) is 3.22. The molecule has 2 fully saturated rings. The summed E-state index contributed by atoms with van der Waals surface area (Å²) in [7, 11) is -3.75. The molecule has 200 valence electrons. The lowest BCUT2D eigenvalue weighted by Gasteiger charge is -2.44. The lowest BCUT2D eigenvalue weighted by atomic mass is 9.97. The molecule has 0 saturated carbocycles. The molecule has 2 aromatic carbocycles. The van der Waals surface area contributed by atoms with E-state index in [0.29, 0.717) is 50.8 Å². The Morgan fingerprint density at radius 1 is 0.872 bits per heavy atom. The molecule has 1 spiro atoms. The summed E-state index contributed by atoms with van der Waals surface area (Å²) >= 11 is 0. The van der Waals surface area contributed by atoms with E-state index in [4.69, 9.17) is 0 Å². The van der Waals surface area contributed by atoms with Gasteiger partial charge in [0.25, 0.3) is 0 Å². The molecule has 39 heavy (non-hydrogen) atoms.